The van der Waals surface area contributed by atoms with Crippen LogP contribution in [0.3, 0.4) is 0 Å². The Morgan fingerprint density at radius 2 is 1.69 bits per heavy atom. The number of anilines is 1. The minimum atomic E-state index is -0.815. The van der Waals surface area contributed by atoms with E-state index >= 15 is 0 Å². The molecule has 0 bridgehead atoms. The van der Waals surface area contributed by atoms with E-state index in [2.05, 4.69) is 40.6 Å². The monoisotopic (exact) mass is 470 g/mol. The van der Waals surface area contributed by atoms with Gasteiger partial charge in [0, 0.05) is 23.1 Å². The van der Waals surface area contributed by atoms with E-state index in [1.54, 1.807) is 6.92 Å². The van der Waals surface area contributed by atoms with Gasteiger partial charge in [0.15, 0.2) is 0 Å². The molecule has 5 nitrogen and oxygen atoms in total. The SMILES string of the molecule is Cc1ccc(-c2ccc(C(C(=O)Nc3cccc(CC(C)C(=O)O)c3C)C3CCCC3)cc2)cn1. The number of aryl methyl sites for hydroxylation is 1. The summed E-state index contributed by atoms with van der Waals surface area (Å²) in [6, 6.07) is 18.1. The van der Waals surface area contributed by atoms with Gasteiger partial charge in [0.2, 0.25) is 5.91 Å². The first kappa shape index (κ1) is 24.6. The van der Waals surface area contributed by atoms with Gasteiger partial charge in [-0.15, -0.1) is 0 Å². The molecule has 0 saturated heterocycles. The molecule has 182 valence electrons. The van der Waals surface area contributed by atoms with Gasteiger partial charge in [-0.2, -0.15) is 0 Å². The minimum Gasteiger partial charge on any atom is -0.481 e. The number of aliphatic carboxylic acids is 1. The van der Waals surface area contributed by atoms with Crippen molar-refractivity contribution in [1.29, 1.82) is 0 Å². The Hall–Kier alpha value is -3.47. The second kappa shape index (κ2) is 10.9. The van der Waals surface area contributed by atoms with E-state index in [1.807, 2.05) is 44.3 Å². The van der Waals surface area contributed by atoms with Crippen molar-refractivity contribution in [2.45, 2.75) is 58.8 Å². The van der Waals surface area contributed by atoms with E-state index in [0.717, 1.165) is 64.9 Å². The molecule has 1 aliphatic rings. The normalized spacial score (nSPS) is 15.5. The van der Waals surface area contributed by atoms with Crippen molar-refractivity contribution in [3.63, 3.8) is 0 Å². The first-order valence-electron chi connectivity index (χ1n) is 12.5. The summed E-state index contributed by atoms with van der Waals surface area (Å²) in [6.07, 6.45) is 6.73. The summed E-state index contributed by atoms with van der Waals surface area (Å²) < 4.78 is 0. The highest BCUT2D eigenvalue weighted by atomic mass is 16.4. The third kappa shape index (κ3) is 5.79. The maximum atomic E-state index is 13.7. The fourth-order valence-corrected chi connectivity index (χ4v) is 5.12. The first-order chi connectivity index (χ1) is 16.8. The van der Waals surface area contributed by atoms with Crippen LogP contribution in [0.1, 0.15) is 60.9 Å². The predicted molar refractivity (Wildman–Crippen MR) is 139 cm³/mol. The van der Waals surface area contributed by atoms with E-state index in [9.17, 15) is 14.7 Å². The molecule has 0 aliphatic heterocycles. The van der Waals surface area contributed by atoms with E-state index in [1.165, 1.54) is 0 Å². The molecule has 35 heavy (non-hydrogen) atoms. The fourth-order valence-electron chi connectivity index (χ4n) is 5.12. The first-order valence-corrected chi connectivity index (χ1v) is 12.5. The number of carboxylic acid groups (broad SMARTS) is 1. The molecular formula is C30H34N2O3. The van der Waals surface area contributed by atoms with Gasteiger partial charge in [0.25, 0.3) is 0 Å². The average molecular weight is 471 g/mol. The summed E-state index contributed by atoms with van der Waals surface area (Å²) in [7, 11) is 0. The van der Waals surface area contributed by atoms with Crippen LogP contribution < -0.4 is 5.32 Å². The number of amides is 1. The molecule has 1 aromatic heterocycles. The summed E-state index contributed by atoms with van der Waals surface area (Å²) >= 11 is 0. The number of nitrogens with one attached hydrogen (secondary N) is 1. The quantitative estimate of drug-likeness (QED) is 0.392. The fraction of sp³-hybridized carbons (Fsp3) is 0.367. The highest BCUT2D eigenvalue weighted by Gasteiger charge is 2.32. The number of carbonyl (C=O) groups is 2. The van der Waals surface area contributed by atoms with Crippen molar-refractivity contribution < 1.29 is 14.7 Å². The predicted octanol–water partition coefficient (Wildman–Crippen LogP) is 6.54. The van der Waals surface area contributed by atoms with Gasteiger partial charge in [0.1, 0.15) is 0 Å². The van der Waals surface area contributed by atoms with Crippen LogP contribution in [-0.2, 0) is 16.0 Å². The van der Waals surface area contributed by atoms with Gasteiger partial charge in [-0.1, -0.05) is 62.2 Å². The number of benzene rings is 2. The van der Waals surface area contributed by atoms with E-state index in [-0.39, 0.29) is 11.8 Å². The molecule has 1 fully saturated rings. The highest BCUT2D eigenvalue weighted by Crippen LogP contribution is 2.39. The molecule has 2 atom stereocenters. The number of hydrogen-bond acceptors (Lipinski definition) is 3. The van der Waals surface area contributed by atoms with Crippen molar-refractivity contribution in [2.24, 2.45) is 11.8 Å². The summed E-state index contributed by atoms with van der Waals surface area (Å²) in [5, 5.41) is 12.5. The average Bonchev–Trinajstić information content (AvgIpc) is 3.37. The van der Waals surface area contributed by atoms with Crippen molar-refractivity contribution in [3.05, 3.63) is 83.2 Å². The number of aromatic nitrogens is 1. The molecule has 0 spiro atoms. The summed E-state index contributed by atoms with van der Waals surface area (Å²) in [4.78, 5) is 29.4. The Balaban J connectivity index is 1.58. The standard InChI is InChI=1S/C30H34N2O3/c1-19(30(34)35)17-25-9-6-10-27(21(25)3)32-29(33)28(23-7-4-5-8-23)24-15-13-22(14-16-24)26-12-11-20(2)31-18-26/h6,9-16,18-19,23,28H,4-5,7-8,17H2,1-3H3,(H,32,33)(H,34,35). The third-order valence-corrected chi connectivity index (χ3v) is 7.32. The third-order valence-electron chi connectivity index (χ3n) is 7.32. The summed E-state index contributed by atoms with van der Waals surface area (Å²) in [6.45, 7) is 5.63. The number of pyridine rings is 1. The molecule has 1 heterocycles. The van der Waals surface area contributed by atoms with Crippen LogP contribution in [0.15, 0.2) is 60.8 Å². The molecule has 2 unspecified atom stereocenters. The van der Waals surface area contributed by atoms with Crippen LogP contribution in [0.5, 0.6) is 0 Å². The number of hydrogen-bond donors (Lipinski definition) is 2. The van der Waals surface area contributed by atoms with Crippen LogP contribution in [0.25, 0.3) is 11.1 Å². The lowest BCUT2D eigenvalue weighted by Crippen LogP contribution is -2.27. The van der Waals surface area contributed by atoms with Crippen LogP contribution in [0.2, 0.25) is 0 Å². The molecule has 5 heteroatoms. The number of carbonyl (C=O) groups excluding carboxylic acids is 1. The van der Waals surface area contributed by atoms with Gasteiger partial charge in [-0.3, -0.25) is 14.6 Å². The Kier molecular flexibility index (Phi) is 7.64. The van der Waals surface area contributed by atoms with Crippen molar-refractivity contribution in [3.8, 4) is 11.1 Å². The number of carboxylic acids is 1. The van der Waals surface area contributed by atoms with Crippen LogP contribution >= 0.6 is 0 Å². The maximum absolute atomic E-state index is 13.7. The number of rotatable bonds is 8. The Labute approximate surface area is 207 Å². The van der Waals surface area contributed by atoms with E-state index in [4.69, 9.17) is 0 Å². The molecule has 1 amide bonds. The van der Waals surface area contributed by atoms with Gasteiger partial charge >= 0.3 is 5.97 Å². The zero-order chi connectivity index (χ0) is 24.9. The van der Waals surface area contributed by atoms with Crippen LogP contribution in [-0.4, -0.2) is 22.0 Å². The number of nitrogens with zero attached hydrogens (tertiary/aromatic N) is 1. The molecule has 2 N–H and O–H groups in total. The van der Waals surface area contributed by atoms with E-state index < -0.39 is 11.9 Å². The maximum Gasteiger partial charge on any atom is 0.306 e. The molecule has 2 aromatic carbocycles. The van der Waals surface area contributed by atoms with E-state index in [0.29, 0.717) is 12.3 Å². The highest BCUT2D eigenvalue weighted by molar-refractivity contribution is 5.97. The zero-order valence-electron chi connectivity index (χ0n) is 20.8. The van der Waals surface area contributed by atoms with Crippen molar-refractivity contribution in [2.75, 3.05) is 5.32 Å². The summed E-state index contributed by atoms with van der Waals surface area (Å²) in [5.74, 6) is -1.19. The Morgan fingerprint density at radius 1 is 1.00 bits per heavy atom. The molecule has 0 radical (unpaired) electrons. The zero-order valence-corrected chi connectivity index (χ0v) is 20.8. The van der Waals surface area contributed by atoms with Crippen LogP contribution in [0, 0.1) is 25.7 Å². The summed E-state index contributed by atoms with van der Waals surface area (Å²) in [5.41, 5.74) is 6.81. The lowest BCUT2D eigenvalue weighted by molar-refractivity contribution is -0.141. The molecule has 4 rings (SSSR count). The van der Waals surface area contributed by atoms with Crippen LogP contribution in [0.4, 0.5) is 5.69 Å². The van der Waals surface area contributed by atoms with Crippen molar-refractivity contribution >= 4 is 17.6 Å². The largest absolute Gasteiger partial charge is 0.481 e. The second-order valence-electron chi connectivity index (χ2n) is 9.85. The smallest absolute Gasteiger partial charge is 0.306 e. The lowest BCUT2D eigenvalue weighted by atomic mass is 9.83. The second-order valence-corrected chi connectivity index (χ2v) is 9.85. The lowest BCUT2D eigenvalue weighted by Gasteiger charge is -2.24. The topological polar surface area (TPSA) is 79.3 Å². The minimum absolute atomic E-state index is 0.00758. The molecule has 1 aliphatic carbocycles. The molecular weight excluding hydrogens is 436 g/mol. The van der Waals surface area contributed by atoms with Gasteiger partial charge < -0.3 is 10.4 Å². The molecule has 3 aromatic rings. The van der Waals surface area contributed by atoms with Crippen molar-refractivity contribution in [1.82, 2.24) is 4.98 Å². The van der Waals surface area contributed by atoms with Gasteiger partial charge in [-0.25, -0.2) is 0 Å². The Morgan fingerprint density at radius 3 is 2.31 bits per heavy atom. The Bertz CT molecular complexity index is 1180. The van der Waals surface area contributed by atoms with Gasteiger partial charge in [-0.05, 0) is 73.4 Å². The van der Waals surface area contributed by atoms with Gasteiger partial charge in [0.05, 0.1) is 11.8 Å². The molecule has 1 saturated carbocycles.